The van der Waals surface area contributed by atoms with Crippen molar-refractivity contribution in [3.05, 3.63) is 35.4 Å². The van der Waals surface area contributed by atoms with Crippen LogP contribution in [0.2, 0.25) is 0 Å². The standard InChI is InChI=1S/C17H25NO/c1-14-8-10-15(11-9-14)12-13-17(19)18(2)16-6-4-3-5-7-16/h8-11,16H,3-7,12-13H2,1-2H3. The Bertz CT molecular complexity index is 404. The largest absolute Gasteiger partial charge is 0.343 e. The van der Waals surface area contributed by atoms with Gasteiger partial charge < -0.3 is 4.90 Å². The first-order chi connectivity index (χ1) is 9.16. The maximum absolute atomic E-state index is 12.2. The van der Waals surface area contributed by atoms with E-state index in [0.29, 0.717) is 18.4 Å². The van der Waals surface area contributed by atoms with Crippen molar-refractivity contribution in [3.63, 3.8) is 0 Å². The quantitative estimate of drug-likeness (QED) is 0.807. The molecule has 1 aromatic carbocycles. The van der Waals surface area contributed by atoms with Crippen molar-refractivity contribution in [2.24, 2.45) is 0 Å². The van der Waals surface area contributed by atoms with Crippen LogP contribution in [0.25, 0.3) is 0 Å². The molecule has 1 fully saturated rings. The second-order valence-corrected chi connectivity index (χ2v) is 5.78. The van der Waals surface area contributed by atoms with Crippen LogP contribution in [0, 0.1) is 6.92 Å². The van der Waals surface area contributed by atoms with Crippen LogP contribution >= 0.6 is 0 Å². The fourth-order valence-corrected chi connectivity index (χ4v) is 2.85. The van der Waals surface area contributed by atoms with E-state index in [1.54, 1.807) is 0 Å². The Balaban J connectivity index is 1.81. The fourth-order valence-electron chi connectivity index (χ4n) is 2.85. The fraction of sp³-hybridized carbons (Fsp3) is 0.588. The highest BCUT2D eigenvalue weighted by Gasteiger charge is 2.21. The molecule has 0 aromatic heterocycles. The first kappa shape index (κ1) is 14.1. The summed E-state index contributed by atoms with van der Waals surface area (Å²) < 4.78 is 0. The minimum absolute atomic E-state index is 0.299. The van der Waals surface area contributed by atoms with E-state index < -0.39 is 0 Å². The normalized spacial score (nSPS) is 16.3. The van der Waals surface area contributed by atoms with Gasteiger partial charge in [0.25, 0.3) is 0 Å². The van der Waals surface area contributed by atoms with Gasteiger partial charge >= 0.3 is 0 Å². The SMILES string of the molecule is Cc1ccc(CCC(=O)N(C)C2CCCCC2)cc1. The third-order valence-corrected chi connectivity index (χ3v) is 4.26. The van der Waals surface area contributed by atoms with Gasteiger partial charge in [-0.3, -0.25) is 4.79 Å². The van der Waals surface area contributed by atoms with Crippen molar-refractivity contribution in [1.82, 2.24) is 4.90 Å². The molecule has 1 aliphatic rings. The number of amides is 1. The Kier molecular flexibility index (Phi) is 5.00. The van der Waals surface area contributed by atoms with Crippen LogP contribution in [0.3, 0.4) is 0 Å². The molecule has 0 spiro atoms. The Hall–Kier alpha value is -1.31. The summed E-state index contributed by atoms with van der Waals surface area (Å²) in [4.78, 5) is 14.2. The molecule has 0 saturated heterocycles. The van der Waals surface area contributed by atoms with E-state index in [-0.39, 0.29) is 0 Å². The van der Waals surface area contributed by atoms with Crippen LogP contribution in [0.4, 0.5) is 0 Å². The molecule has 0 atom stereocenters. The van der Waals surface area contributed by atoms with Gasteiger partial charge in [-0.05, 0) is 31.7 Å². The van der Waals surface area contributed by atoms with E-state index in [1.807, 2.05) is 11.9 Å². The smallest absolute Gasteiger partial charge is 0.222 e. The minimum atomic E-state index is 0.299. The summed E-state index contributed by atoms with van der Waals surface area (Å²) in [6, 6.07) is 8.97. The minimum Gasteiger partial charge on any atom is -0.343 e. The van der Waals surface area contributed by atoms with Crippen molar-refractivity contribution < 1.29 is 4.79 Å². The maximum Gasteiger partial charge on any atom is 0.222 e. The molecule has 0 unspecified atom stereocenters. The van der Waals surface area contributed by atoms with Crippen LogP contribution in [0.15, 0.2) is 24.3 Å². The summed E-state index contributed by atoms with van der Waals surface area (Å²) in [5.74, 6) is 0.299. The molecule has 1 aliphatic carbocycles. The molecule has 2 rings (SSSR count). The van der Waals surface area contributed by atoms with Crippen LogP contribution < -0.4 is 0 Å². The first-order valence-corrected chi connectivity index (χ1v) is 7.48. The summed E-state index contributed by atoms with van der Waals surface area (Å²) in [5.41, 5.74) is 2.53. The molecule has 2 heteroatoms. The second-order valence-electron chi connectivity index (χ2n) is 5.78. The molecule has 1 aromatic rings. The lowest BCUT2D eigenvalue weighted by Crippen LogP contribution is -2.38. The van der Waals surface area contributed by atoms with Crippen molar-refractivity contribution in [3.8, 4) is 0 Å². The van der Waals surface area contributed by atoms with Gasteiger partial charge in [0.1, 0.15) is 0 Å². The van der Waals surface area contributed by atoms with Crippen LogP contribution in [0.5, 0.6) is 0 Å². The van der Waals surface area contributed by atoms with Gasteiger partial charge in [-0.2, -0.15) is 0 Å². The average molecular weight is 259 g/mol. The van der Waals surface area contributed by atoms with Crippen molar-refractivity contribution >= 4 is 5.91 Å². The van der Waals surface area contributed by atoms with Crippen molar-refractivity contribution in [2.75, 3.05) is 7.05 Å². The Labute approximate surface area is 116 Å². The first-order valence-electron chi connectivity index (χ1n) is 7.48. The summed E-state index contributed by atoms with van der Waals surface area (Å²) in [7, 11) is 1.98. The van der Waals surface area contributed by atoms with Crippen molar-refractivity contribution in [1.29, 1.82) is 0 Å². The number of hydrogen-bond acceptors (Lipinski definition) is 1. The topological polar surface area (TPSA) is 20.3 Å². The summed E-state index contributed by atoms with van der Waals surface area (Å²) in [6.45, 7) is 2.09. The van der Waals surface area contributed by atoms with E-state index >= 15 is 0 Å². The number of rotatable bonds is 4. The van der Waals surface area contributed by atoms with Gasteiger partial charge in [0, 0.05) is 19.5 Å². The number of benzene rings is 1. The molecule has 19 heavy (non-hydrogen) atoms. The highest BCUT2D eigenvalue weighted by molar-refractivity contribution is 5.76. The third kappa shape index (κ3) is 4.09. The molecule has 1 amide bonds. The van der Waals surface area contributed by atoms with Crippen LogP contribution in [-0.4, -0.2) is 23.9 Å². The lowest BCUT2D eigenvalue weighted by Gasteiger charge is -2.31. The molecule has 0 N–H and O–H groups in total. The van der Waals surface area contributed by atoms with Gasteiger partial charge in [-0.25, -0.2) is 0 Å². The molecule has 0 heterocycles. The van der Waals surface area contributed by atoms with Gasteiger partial charge in [-0.1, -0.05) is 49.1 Å². The number of hydrogen-bond donors (Lipinski definition) is 0. The lowest BCUT2D eigenvalue weighted by atomic mass is 9.94. The van der Waals surface area contributed by atoms with E-state index in [2.05, 4.69) is 31.2 Å². The monoisotopic (exact) mass is 259 g/mol. The molecule has 2 nitrogen and oxygen atoms in total. The third-order valence-electron chi connectivity index (χ3n) is 4.26. The van der Waals surface area contributed by atoms with Gasteiger partial charge in [-0.15, -0.1) is 0 Å². The second kappa shape index (κ2) is 6.74. The van der Waals surface area contributed by atoms with E-state index in [9.17, 15) is 4.79 Å². The van der Waals surface area contributed by atoms with Gasteiger partial charge in [0.05, 0.1) is 0 Å². The van der Waals surface area contributed by atoms with Gasteiger partial charge in [0.2, 0.25) is 5.91 Å². The number of carbonyl (C=O) groups is 1. The highest BCUT2D eigenvalue weighted by atomic mass is 16.2. The van der Waals surface area contributed by atoms with Crippen LogP contribution in [-0.2, 0) is 11.2 Å². The number of aryl methyl sites for hydroxylation is 2. The maximum atomic E-state index is 12.2. The molecule has 1 saturated carbocycles. The van der Waals surface area contributed by atoms with Crippen molar-refractivity contribution in [2.45, 2.75) is 57.9 Å². The predicted octanol–water partition coefficient (Wildman–Crippen LogP) is 3.72. The summed E-state index contributed by atoms with van der Waals surface area (Å²) in [5, 5.41) is 0. The van der Waals surface area contributed by atoms with E-state index in [1.165, 1.54) is 43.2 Å². The molecular weight excluding hydrogens is 234 g/mol. The molecule has 0 radical (unpaired) electrons. The number of carbonyl (C=O) groups excluding carboxylic acids is 1. The lowest BCUT2D eigenvalue weighted by molar-refractivity contribution is -0.132. The van der Waals surface area contributed by atoms with Crippen LogP contribution in [0.1, 0.15) is 49.7 Å². The molecule has 0 bridgehead atoms. The van der Waals surface area contributed by atoms with E-state index in [4.69, 9.17) is 0 Å². The number of nitrogens with zero attached hydrogens (tertiary/aromatic N) is 1. The highest BCUT2D eigenvalue weighted by Crippen LogP contribution is 2.22. The van der Waals surface area contributed by atoms with Gasteiger partial charge in [0.15, 0.2) is 0 Å². The molecular formula is C17H25NO. The average Bonchev–Trinajstić information content (AvgIpc) is 2.46. The summed E-state index contributed by atoms with van der Waals surface area (Å²) >= 11 is 0. The zero-order valence-electron chi connectivity index (χ0n) is 12.2. The molecule has 0 aliphatic heterocycles. The summed E-state index contributed by atoms with van der Waals surface area (Å²) in [6.07, 6.45) is 7.76. The Morgan fingerprint density at radius 3 is 2.42 bits per heavy atom. The predicted molar refractivity (Wildman–Crippen MR) is 79.1 cm³/mol. The zero-order chi connectivity index (χ0) is 13.7. The molecule has 104 valence electrons. The van der Waals surface area contributed by atoms with E-state index in [0.717, 1.165) is 6.42 Å². The Morgan fingerprint density at radius 1 is 1.16 bits per heavy atom. The zero-order valence-corrected chi connectivity index (χ0v) is 12.2. The Morgan fingerprint density at radius 2 is 1.79 bits per heavy atom.